The second-order valence-electron chi connectivity index (χ2n) is 8.41. The number of aliphatic carboxylic acids is 1. The standard InChI is InChI=1S/C25H28N2O4/c28-23(18-9-2-1-3-10-18)26-16-22-19-11-5-4-8-17(19)14-15-27(22)24(29)20-12-6-7-13-21(20)25(30)31/h1-5,8-11,20-22H,6-7,12-16H2,(H,26,28)(H,30,31)/t20-,21+,22-/m1/s1. The number of nitrogens with zero attached hydrogens (tertiary/aromatic N) is 1. The third-order valence-electron chi connectivity index (χ3n) is 6.59. The zero-order chi connectivity index (χ0) is 21.8. The summed E-state index contributed by atoms with van der Waals surface area (Å²) in [5.41, 5.74) is 2.77. The van der Waals surface area contributed by atoms with Gasteiger partial charge in [0.2, 0.25) is 5.91 Å². The van der Waals surface area contributed by atoms with Crippen molar-refractivity contribution in [3.05, 3.63) is 71.3 Å². The number of nitrogens with one attached hydrogen (secondary N) is 1. The summed E-state index contributed by atoms with van der Waals surface area (Å²) in [5, 5.41) is 12.6. The van der Waals surface area contributed by atoms with Gasteiger partial charge in [-0.2, -0.15) is 0 Å². The maximum Gasteiger partial charge on any atom is 0.307 e. The Balaban J connectivity index is 1.57. The monoisotopic (exact) mass is 420 g/mol. The minimum Gasteiger partial charge on any atom is -0.481 e. The molecule has 3 atom stereocenters. The first kappa shape index (κ1) is 21.1. The van der Waals surface area contributed by atoms with E-state index in [1.54, 1.807) is 17.0 Å². The smallest absolute Gasteiger partial charge is 0.307 e. The molecule has 2 aromatic rings. The third kappa shape index (κ3) is 4.48. The van der Waals surface area contributed by atoms with E-state index in [9.17, 15) is 19.5 Å². The number of benzene rings is 2. The fourth-order valence-electron chi connectivity index (χ4n) is 4.95. The lowest BCUT2D eigenvalue weighted by molar-refractivity contribution is -0.153. The number of hydrogen-bond donors (Lipinski definition) is 2. The van der Waals surface area contributed by atoms with Gasteiger partial charge in [-0.1, -0.05) is 55.3 Å². The summed E-state index contributed by atoms with van der Waals surface area (Å²) >= 11 is 0. The highest BCUT2D eigenvalue weighted by Gasteiger charge is 2.41. The van der Waals surface area contributed by atoms with Gasteiger partial charge in [0.1, 0.15) is 0 Å². The van der Waals surface area contributed by atoms with Crippen LogP contribution in [-0.2, 0) is 16.0 Å². The van der Waals surface area contributed by atoms with Crippen molar-refractivity contribution in [2.75, 3.05) is 13.1 Å². The SMILES string of the molecule is O=C(NC[C@@H]1c2ccccc2CCN1C(=O)[C@@H]1CCCC[C@@H]1C(=O)O)c1ccccc1. The molecule has 2 N–H and O–H groups in total. The second-order valence-corrected chi connectivity index (χ2v) is 8.41. The molecule has 0 aromatic heterocycles. The first-order chi connectivity index (χ1) is 15.1. The largest absolute Gasteiger partial charge is 0.481 e. The van der Waals surface area contributed by atoms with Crippen LogP contribution in [0.25, 0.3) is 0 Å². The Morgan fingerprint density at radius 2 is 1.61 bits per heavy atom. The maximum atomic E-state index is 13.6. The van der Waals surface area contributed by atoms with E-state index in [-0.39, 0.29) is 17.9 Å². The summed E-state index contributed by atoms with van der Waals surface area (Å²) in [6.45, 7) is 0.825. The van der Waals surface area contributed by atoms with E-state index in [0.717, 1.165) is 24.8 Å². The highest BCUT2D eigenvalue weighted by atomic mass is 16.4. The van der Waals surface area contributed by atoms with E-state index in [1.807, 2.05) is 36.4 Å². The minimum atomic E-state index is -0.885. The number of fused-ring (bicyclic) bond motifs is 1. The molecule has 1 saturated carbocycles. The van der Waals surface area contributed by atoms with Gasteiger partial charge in [-0.3, -0.25) is 14.4 Å². The molecule has 4 rings (SSSR count). The van der Waals surface area contributed by atoms with Crippen molar-refractivity contribution in [1.29, 1.82) is 0 Å². The lowest BCUT2D eigenvalue weighted by Gasteiger charge is -2.41. The molecular weight excluding hydrogens is 392 g/mol. The fraction of sp³-hybridized carbons (Fsp3) is 0.400. The van der Waals surface area contributed by atoms with Gasteiger partial charge in [-0.05, 0) is 42.5 Å². The zero-order valence-corrected chi connectivity index (χ0v) is 17.5. The second kappa shape index (κ2) is 9.33. The van der Waals surface area contributed by atoms with Gasteiger partial charge >= 0.3 is 5.97 Å². The Morgan fingerprint density at radius 3 is 2.35 bits per heavy atom. The topological polar surface area (TPSA) is 86.7 Å². The molecule has 1 heterocycles. The van der Waals surface area contributed by atoms with Gasteiger partial charge < -0.3 is 15.3 Å². The summed E-state index contributed by atoms with van der Waals surface area (Å²) in [7, 11) is 0. The molecule has 0 bridgehead atoms. The molecule has 6 nitrogen and oxygen atoms in total. The molecule has 1 aliphatic heterocycles. The highest BCUT2D eigenvalue weighted by molar-refractivity contribution is 5.94. The molecule has 2 amide bonds. The first-order valence-electron chi connectivity index (χ1n) is 11.0. The Bertz CT molecular complexity index is 959. The predicted molar refractivity (Wildman–Crippen MR) is 116 cm³/mol. The van der Waals surface area contributed by atoms with Crippen molar-refractivity contribution in [1.82, 2.24) is 10.2 Å². The van der Waals surface area contributed by atoms with Crippen molar-refractivity contribution in [2.45, 2.75) is 38.1 Å². The molecule has 1 aliphatic carbocycles. The van der Waals surface area contributed by atoms with E-state index in [1.165, 1.54) is 5.56 Å². The lowest BCUT2D eigenvalue weighted by Crippen LogP contribution is -2.49. The van der Waals surface area contributed by atoms with Crippen molar-refractivity contribution < 1.29 is 19.5 Å². The van der Waals surface area contributed by atoms with Gasteiger partial charge in [0.15, 0.2) is 0 Å². The van der Waals surface area contributed by atoms with Gasteiger partial charge in [0.25, 0.3) is 5.91 Å². The number of rotatable bonds is 5. The molecule has 1 fully saturated rings. The average molecular weight is 421 g/mol. The Kier molecular flexibility index (Phi) is 6.35. The van der Waals surface area contributed by atoms with Crippen LogP contribution < -0.4 is 5.32 Å². The number of amides is 2. The molecular formula is C25H28N2O4. The van der Waals surface area contributed by atoms with E-state index in [0.29, 0.717) is 31.5 Å². The van der Waals surface area contributed by atoms with Crippen molar-refractivity contribution in [3.8, 4) is 0 Å². The molecule has 0 spiro atoms. The molecule has 6 heteroatoms. The molecule has 0 radical (unpaired) electrons. The van der Waals surface area contributed by atoms with Crippen LogP contribution in [-0.4, -0.2) is 40.9 Å². The Morgan fingerprint density at radius 1 is 0.935 bits per heavy atom. The normalized spacial score (nSPS) is 23.0. The third-order valence-corrected chi connectivity index (χ3v) is 6.59. The first-order valence-corrected chi connectivity index (χ1v) is 11.0. The summed E-state index contributed by atoms with van der Waals surface area (Å²) in [4.78, 5) is 39.8. The average Bonchev–Trinajstić information content (AvgIpc) is 2.82. The van der Waals surface area contributed by atoms with Crippen LogP contribution >= 0.6 is 0 Å². The quantitative estimate of drug-likeness (QED) is 0.776. The maximum absolute atomic E-state index is 13.6. The minimum absolute atomic E-state index is 0.0967. The number of carbonyl (C=O) groups is 3. The van der Waals surface area contributed by atoms with Crippen molar-refractivity contribution in [3.63, 3.8) is 0 Å². The Labute approximate surface area is 182 Å². The fourth-order valence-corrected chi connectivity index (χ4v) is 4.95. The molecule has 2 aromatic carbocycles. The van der Waals surface area contributed by atoms with Crippen LogP contribution in [0.4, 0.5) is 0 Å². The molecule has 162 valence electrons. The number of carboxylic acids is 1. The van der Waals surface area contributed by atoms with Crippen LogP contribution in [0.1, 0.15) is 53.2 Å². The van der Waals surface area contributed by atoms with Crippen LogP contribution in [0, 0.1) is 11.8 Å². The van der Waals surface area contributed by atoms with Crippen molar-refractivity contribution >= 4 is 17.8 Å². The van der Waals surface area contributed by atoms with Gasteiger partial charge in [-0.15, -0.1) is 0 Å². The summed E-state index contributed by atoms with van der Waals surface area (Å²) in [5.74, 6) is -2.29. The number of carboxylic acid groups (broad SMARTS) is 1. The summed E-state index contributed by atoms with van der Waals surface area (Å²) in [6, 6.07) is 16.7. The van der Waals surface area contributed by atoms with E-state index < -0.39 is 17.8 Å². The molecule has 0 unspecified atom stereocenters. The number of hydrogen-bond acceptors (Lipinski definition) is 3. The van der Waals surface area contributed by atoms with Crippen LogP contribution in [0.2, 0.25) is 0 Å². The van der Waals surface area contributed by atoms with Crippen LogP contribution in [0.3, 0.4) is 0 Å². The van der Waals surface area contributed by atoms with Gasteiger partial charge in [0, 0.05) is 18.7 Å². The number of carbonyl (C=O) groups excluding carboxylic acids is 2. The van der Waals surface area contributed by atoms with E-state index >= 15 is 0 Å². The van der Waals surface area contributed by atoms with Gasteiger partial charge in [-0.25, -0.2) is 0 Å². The highest BCUT2D eigenvalue weighted by Crippen LogP contribution is 2.36. The van der Waals surface area contributed by atoms with Crippen LogP contribution in [0.15, 0.2) is 54.6 Å². The van der Waals surface area contributed by atoms with Crippen molar-refractivity contribution in [2.24, 2.45) is 11.8 Å². The predicted octanol–water partition coefficient (Wildman–Crippen LogP) is 3.43. The molecule has 2 aliphatic rings. The molecule has 31 heavy (non-hydrogen) atoms. The molecule has 0 saturated heterocycles. The zero-order valence-electron chi connectivity index (χ0n) is 17.5. The summed E-state index contributed by atoms with van der Waals surface area (Å²) < 4.78 is 0. The summed E-state index contributed by atoms with van der Waals surface area (Å²) in [6.07, 6.45) is 3.61. The van der Waals surface area contributed by atoms with Crippen LogP contribution in [0.5, 0.6) is 0 Å². The van der Waals surface area contributed by atoms with Gasteiger partial charge in [0.05, 0.1) is 17.9 Å². The van der Waals surface area contributed by atoms with E-state index in [2.05, 4.69) is 11.4 Å². The Hall–Kier alpha value is -3.15. The van der Waals surface area contributed by atoms with E-state index in [4.69, 9.17) is 0 Å². The lowest BCUT2D eigenvalue weighted by atomic mass is 9.77.